The standard InChI is InChI=1S/C13H21N3O2/c17-11(10-5-1-2-6-10)9-12-14-13(15-18-12)16-7-3-4-8-16/h10-11,17H,1-9H2. The zero-order valence-corrected chi connectivity index (χ0v) is 10.7. The van der Waals surface area contributed by atoms with Crippen LogP contribution in [0.5, 0.6) is 0 Å². The zero-order valence-electron chi connectivity index (χ0n) is 10.7. The van der Waals surface area contributed by atoms with Gasteiger partial charge in [0.15, 0.2) is 0 Å². The first kappa shape index (κ1) is 12.0. The molecule has 1 unspecified atom stereocenters. The van der Waals surface area contributed by atoms with E-state index in [1.807, 2.05) is 0 Å². The van der Waals surface area contributed by atoms with Gasteiger partial charge in [-0.05, 0) is 36.8 Å². The Morgan fingerprint density at radius 3 is 2.67 bits per heavy atom. The van der Waals surface area contributed by atoms with Crippen molar-refractivity contribution in [2.45, 2.75) is 51.0 Å². The molecule has 2 aliphatic rings. The van der Waals surface area contributed by atoms with Gasteiger partial charge in [-0.25, -0.2) is 0 Å². The minimum atomic E-state index is -0.320. The van der Waals surface area contributed by atoms with Crippen LogP contribution in [-0.2, 0) is 6.42 Å². The van der Waals surface area contributed by atoms with Crippen molar-refractivity contribution in [1.82, 2.24) is 10.1 Å². The predicted octanol–water partition coefficient (Wildman–Crippen LogP) is 1.76. The van der Waals surface area contributed by atoms with Crippen molar-refractivity contribution in [2.24, 2.45) is 5.92 Å². The molecular formula is C13H21N3O2. The number of hydrogen-bond acceptors (Lipinski definition) is 5. The van der Waals surface area contributed by atoms with Gasteiger partial charge < -0.3 is 14.5 Å². The number of anilines is 1. The first-order valence-corrected chi connectivity index (χ1v) is 7.08. The molecule has 5 nitrogen and oxygen atoms in total. The molecule has 0 amide bonds. The molecule has 3 rings (SSSR count). The lowest BCUT2D eigenvalue weighted by Crippen LogP contribution is -2.21. The van der Waals surface area contributed by atoms with Crippen molar-refractivity contribution < 1.29 is 9.63 Å². The van der Waals surface area contributed by atoms with E-state index < -0.39 is 0 Å². The van der Waals surface area contributed by atoms with Gasteiger partial charge in [-0.2, -0.15) is 4.98 Å². The number of aliphatic hydroxyl groups is 1. The monoisotopic (exact) mass is 251 g/mol. The molecular weight excluding hydrogens is 230 g/mol. The molecule has 18 heavy (non-hydrogen) atoms. The maximum absolute atomic E-state index is 10.1. The third kappa shape index (κ3) is 2.51. The first-order valence-electron chi connectivity index (χ1n) is 7.08. The summed E-state index contributed by atoms with van der Waals surface area (Å²) in [6.45, 7) is 2.04. The van der Waals surface area contributed by atoms with Gasteiger partial charge in [0, 0.05) is 13.1 Å². The van der Waals surface area contributed by atoms with Gasteiger partial charge in [0.05, 0.1) is 12.5 Å². The summed E-state index contributed by atoms with van der Waals surface area (Å²) in [5.41, 5.74) is 0. The maximum atomic E-state index is 10.1. The minimum absolute atomic E-state index is 0.320. The van der Waals surface area contributed by atoms with Crippen LogP contribution >= 0.6 is 0 Å². The third-order valence-electron chi connectivity index (χ3n) is 4.17. The normalized spacial score (nSPS) is 22.8. The van der Waals surface area contributed by atoms with E-state index >= 15 is 0 Å². The Kier molecular flexibility index (Phi) is 3.50. The molecule has 1 atom stereocenters. The van der Waals surface area contributed by atoms with Crippen LogP contribution in [0.4, 0.5) is 5.95 Å². The molecule has 1 aromatic rings. The van der Waals surface area contributed by atoms with Crippen LogP contribution in [0.1, 0.15) is 44.4 Å². The van der Waals surface area contributed by atoms with Gasteiger partial charge in [0.1, 0.15) is 0 Å². The van der Waals surface area contributed by atoms with Crippen LogP contribution in [0.2, 0.25) is 0 Å². The second-order valence-electron chi connectivity index (χ2n) is 5.50. The second-order valence-corrected chi connectivity index (χ2v) is 5.50. The fourth-order valence-corrected chi connectivity index (χ4v) is 3.06. The highest BCUT2D eigenvalue weighted by atomic mass is 16.5. The molecule has 1 aliphatic heterocycles. The molecule has 1 aromatic heterocycles. The van der Waals surface area contributed by atoms with E-state index in [9.17, 15) is 5.11 Å². The predicted molar refractivity (Wildman–Crippen MR) is 67.4 cm³/mol. The Balaban J connectivity index is 1.58. The van der Waals surface area contributed by atoms with Gasteiger partial charge in [0.25, 0.3) is 5.95 Å². The number of hydrogen-bond donors (Lipinski definition) is 1. The number of aromatic nitrogens is 2. The molecule has 5 heteroatoms. The van der Waals surface area contributed by atoms with Crippen LogP contribution in [0.15, 0.2) is 4.52 Å². The maximum Gasteiger partial charge on any atom is 0.266 e. The number of aliphatic hydroxyl groups excluding tert-OH is 1. The summed E-state index contributed by atoms with van der Waals surface area (Å²) in [4.78, 5) is 6.54. The minimum Gasteiger partial charge on any atom is -0.392 e. The molecule has 0 aromatic carbocycles. The van der Waals surface area contributed by atoms with E-state index in [0.29, 0.717) is 24.2 Å². The molecule has 0 spiro atoms. The lowest BCUT2D eigenvalue weighted by Gasteiger charge is -2.15. The Morgan fingerprint density at radius 2 is 1.94 bits per heavy atom. The van der Waals surface area contributed by atoms with Crippen LogP contribution in [-0.4, -0.2) is 34.4 Å². The molecule has 1 saturated heterocycles. The van der Waals surface area contributed by atoms with Crippen molar-refractivity contribution >= 4 is 5.95 Å². The van der Waals surface area contributed by atoms with Crippen LogP contribution in [0, 0.1) is 5.92 Å². The molecule has 0 radical (unpaired) electrons. The first-order chi connectivity index (χ1) is 8.83. The van der Waals surface area contributed by atoms with Crippen LogP contribution in [0.3, 0.4) is 0 Å². The summed E-state index contributed by atoms with van der Waals surface area (Å²) in [6, 6.07) is 0. The van der Waals surface area contributed by atoms with E-state index in [0.717, 1.165) is 25.9 Å². The van der Waals surface area contributed by atoms with Crippen LogP contribution in [0.25, 0.3) is 0 Å². The molecule has 1 aliphatic carbocycles. The highest BCUT2D eigenvalue weighted by Crippen LogP contribution is 2.29. The Bertz CT molecular complexity index is 381. The SMILES string of the molecule is OC(Cc1nc(N2CCCC2)no1)C1CCCC1. The summed E-state index contributed by atoms with van der Waals surface area (Å²) >= 11 is 0. The molecule has 1 N–H and O–H groups in total. The zero-order chi connectivity index (χ0) is 12.4. The van der Waals surface area contributed by atoms with Gasteiger partial charge in [0.2, 0.25) is 5.89 Å². The quantitative estimate of drug-likeness (QED) is 0.883. The highest BCUT2D eigenvalue weighted by molar-refractivity contribution is 5.28. The average molecular weight is 251 g/mol. The summed E-state index contributed by atoms with van der Waals surface area (Å²) in [5.74, 6) is 1.70. The van der Waals surface area contributed by atoms with Gasteiger partial charge in [-0.3, -0.25) is 0 Å². The van der Waals surface area contributed by atoms with Crippen molar-refractivity contribution in [2.75, 3.05) is 18.0 Å². The van der Waals surface area contributed by atoms with E-state index in [2.05, 4.69) is 15.0 Å². The van der Waals surface area contributed by atoms with E-state index in [-0.39, 0.29) is 6.10 Å². The number of rotatable bonds is 4. The molecule has 2 fully saturated rings. The summed E-state index contributed by atoms with van der Waals surface area (Å²) < 4.78 is 5.24. The lowest BCUT2D eigenvalue weighted by molar-refractivity contribution is 0.102. The number of nitrogens with zero attached hydrogens (tertiary/aromatic N) is 3. The Hall–Kier alpha value is -1.10. The highest BCUT2D eigenvalue weighted by Gasteiger charge is 2.26. The van der Waals surface area contributed by atoms with Gasteiger partial charge >= 0.3 is 0 Å². The largest absolute Gasteiger partial charge is 0.392 e. The van der Waals surface area contributed by atoms with E-state index in [1.165, 1.54) is 25.7 Å². The third-order valence-corrected chi connectivity index (χ3v) is 4.17. The van der Waals surface area contributed by atoms with Gasteiger partial charge in [-0.15, -0.1) is 0 Å². The van der Waals surface area contributed by atoms with Crippen molar-refractivity contribution in [3.8, 4) is 0 Å². The van der Waals surface area contributed by atoms with Gasteiger partial charge in [-0.1, -0.05) is 12.8 Å². The second kappa shape index (κ2) is 5.26. The van der Waals surface area contributed by atoms with Crippen molar-refractivity contribution in [1.29, 1.82) is 0 Å². The summed E-state index contributed by atoms with van der Waals surface area (Å²) in [5, 5.41) is 14.1. The Labute approximate surface area is 107 Å². The molecule has 0 bridgehead atoms. The molecule has 100 valence electrons. The molecule has 1 saturated carbocycles. The van der Waals surface area contributed by atoms with E-state index in [1.54, 1.807) is 0 Å². The van der Waals surface area contributed by atoms with Crippen LogP contribution < -0.4 is 4.90 Å². The molecule has 2 heterocycles. The topological polar surface area (TPSA) is 62.4 Å². The fourth-order valence-electron chi connectivity index (χ4n) is 3.06. The summed E-state index contributed by atoms with van der Waals surface area (Å²) in [7, 11) is 0. The summed E-state index contributed by atoms with van der Waals surface area (Å²) in [6.07, 6.45) is 7.34. The van der Waals surface area contributed by atoms with Crippen molar-refractivity contribution in [3.05, 3.63) is 5.89 Å². The average Bonchev–Trinajstić information content (AvgIpc) is 3.12. The Morgan fingerprint density at radius 1 is 1.22 bits per heavy atom. The lowest BCUT2D eigenvalue weighted by atomic mass is 9.98. The fraction of sp³-hybridized carbons (Fsp3) is 0.846. The van der Waals surface area contributed by atoms with E-state index in [4.69, 9.17) is 4.52 Å². The smallest absolute Gasteiger partial charge is 0.266 e. The van der Waals surface area contributed by atoms with Crippen molar-refractivity contribution in [3.63, 3.8) is 0 Å².